The van der Waals surface area contributed by atoms with Crippen molar-refractivity contribution in [2.45, 2.75) is 12.5 Å². The lowest BCUT2D eigenvalue weighted by atomic mass is 9.87. The molecule has 0 spiro atoms. The standard InChI is InChI=1S/C25H23Cl2NO4/c1-30-20-6-4-15(5-7-20)24-21-14-23(32-3)22(31-2)12-16(21)8-9-28(24)25(29)17-10-18(26)13-19(27)11-17/h4-7,10-14,24H,8-9H2,1-3H3/t24-/m0/s1. The molecule has 0 N–H and O–H groups in total. The molecule has 3 aromatic rings. The minimum Gasteiger partial charge on any atom is -0.497 e. The number of halogens is 2. The van der Waals surface area contributed by atoms with Crippen molar-refractivity contribution < 1.29 is 19.0 Å². The molecule has 166 valence electrons. The molecule has 0 bridgehead atoms. The molecule has 0 saturated heterocycles. The maximum absolute atomic E-state index is 13.6. The van der Waals surface area contributed by atoms with Gasteiger partial charge in [0.05, 0.1) is 27.4 Å². The van der Waals surface area contributed by atoms with Gasteiger partial charge >= 0.3 is 0 Å². The summed E-state index contributed by atoms with van der Waals surface area (Å²) in [6.45, 7) is 0.530. The van der Waals surface area contributed by atoms with Crippen LogP contribution in [0.5, 0.6) is 17.2 Å². The zero-order valence-electron chi connectivity index (χ0n) is 18.0. The van der Waals surface area contributed by atoms with Crippen molar-refractivity contribution >= 4 is 29.1 Å². The highest BCUT2D eigenvalue weighted by Crippen LogP contribution is 2.42. The molecule has 7 heteroatoms. The third-order valence-corrected chi connectivity index (χ3v) is 6.11. The summed E-state index contributed by atoms with van der Waals surface area (Å²) in [4.78, 5) is 15.5. The Hall–Kier alpha value is -2.89. The van der Waals surface area contributed by atoms with Crippen molar-refractivity contribution in [3.8, 4) is 17.2 Å². The van der Waals surface area contributed by atoms with E-state index in [-0.39, 0.29) is 11.9 Å². The quantitative estimate of drug-likeness (QED) is 0.471. The van der Waals surface area contributed by atoms with Crippen LogP contribution in [-0.4, -0.2) is 38.7 Å². The van der Waals surface area contributed by atoms with E-state index in [2.05, 4.69) is 0 Å². The first-order valence-corrected chi connectivity index (χ1v) is 10.9. The van der Waals surface area contributed by atoms with Crippen molar-refractivity contribution in [2.75, 3.05) is 27.9 Å². The molecule has 1 aliphatic heterocycles. The van der Waals surface area contributed by atoms with Crippen LogP contribution in [0.4, 0.5) is 0 Å². The number of fused-ring (bicyclic) bond motifs is 1. The van der Waals surface area contributed by atoms with Crippen LogP contribution in [0.1, 0.15) is 33.1 Å². The number of hydrogen-bond acceptors (Lipinski definition) is 4. The highest BCUT2D eigenvalue weighted by atomic mass is 35.5. The van der Waals surface area contributed by atoms with Crippen LogP contribution in [-0.2, 0) is 6.42 Å². The van der Waals surface area contributed by atoms with Gasteiger partial charge in [-0.05, 0) is 65.6 Å². The third kappa shape index (κ3) is 4.23. The smallest absolute Gasteiger partial charge is 0.254 e. The van der Waals surface area contributed by atoms with Gasteiger partial charge in [-0.1, -0.05) is 35.3 Å². The molecule has 1 amide bonds. The number of carbonyl (C=O) groups is 1. The lowest BCUT2D eigenvalue weighted by Gasteiger charge is -2.38. The van der Waals surface area contributed by atoms with Gasteiger partial charge in [0.15, 0.2) is 11.5 Å². The van der Waals surface area contributed by atoms with Crippen molar-refractivity contribution in [3.05, 3.63) is 86.9 Å². The van der Waals surface area contributed by atoms with Gasteiger partial charge in [0.1, 0.15) is 5.75 Å². The van der Waals surface area contributed by atoms with E-state index in [9.17, 15) is 4.79 Å². The van der Waals surface area contributed by atoms with Gasteiger partial charge in [0, 0.05) is 22.2 Å². The van der Waals surface area contributed by atoms with Gasteiger partial charge in [-0.15, -0.1) is 0 Å². The van der Waals surface area contributed by atoms with Crippen molar-refractivity contribution in [2.24, 2.45) is 0 Å². The second-order valence-electron chi connectivity index (χ2n) is 7.49. The van der Waals surface area contributed by atoms with E-state index in [1.165, 1.54) is 0 Å². The Morgan fingerprint density at radius 1 is 0.875 bits per heavy atom. The van der Waals surface area contributed by atoms with E-state index in [4.69, 9.17) is 37.4 Å². The lowest BCUT2D eigenvalue weighted by Crippen LogP contribution is -2.40. The number of nitrogens with zero attached hydrogens (tertiary/aromatic N) is 1. The maximum Gasteiger partial charge on any atom is 0.254 e. The number of amides is 1. The monoisotopic (exact) mass is 471 g/mol. The molecule has 0 unspecified atom stereocenters. The van der Waals surface area contributed by atoms with Gasteiger partial charge in [0.2, 0.25) is 0 Å². The highest BCUT2D eigenvalue weighted by Gasteiger charge is 2.34. The SMILES string of the molecule is COc1ccc([C@H]2c3cc(OC)c(OC)cc3CCN2C(=O)c2cc(Cl)cc(Cl)c2)cc1. The van der Waals surface area contributed by atoms with Crippen LogP contribution in [0.2, 0.25) is 10.0 Å². The molecule has 0 saturated carbocycles. The molecule has 0 fully saturated rings. The molecule has 0 aromatic heterocycles. The molecule has 0 aliphatic carbocycles. The first-order chi connectivity index (χ1) is 15.4. The fraction of sp³-hybridized carbons (Fsp3) is 0.240. The molecular weight excluding hydrogens is 449 g/mol. The normalized spacial score (nSPS) is 15.2. The molecular formula is C25H23Cl2NO4. The zero-order valence-corrected chi connectivity index (χ0v) is 19.5. The average molecular weight is 472 g/mol. The molecule has 5 nitrogen and oxygen atoms in total. The summed E-state index contributed by atoms with van der Waals surface area (Å²) in [6.07, 6.45) is 0.683. The first-order valence-electron chi connectivity index (χ1n) is 10.1. The maximum atomic E-state index is 13.6. The minimum atomic E-state index is -0.324. The molecule has 0 radical (unpaired) electrons. The van der Waals surface area contributed by atoms with Gasteiger partial charge in [-0.2, -0.15) is 0 Å². The summed E-state index contributed by atoms with van der Waals surface area (Å²) in [7, 11) is 4.85. The lowest BCUT2D eigenvalue weighted by molar-refractivity contribution is 0.0694. The zero-order chi connectivity index (χ0) is 22.8. The summed E-state index contributed by atoms with van der Waals surface area (Å²) < 4.78 is 16.4. The number of hydrogen-bond donors (Lipinski definition) is 0. The largest absolute Gasteiger partial charge is 0.497 e. The molecule has 3 aromatic carbocycles. The Labute approximate surface area is 197 Å². The fourth-order valence-corrected chi connectivity index (χ4v) is 4.68. The molecule has 32 heavy (non-hydrogen) atoms. The van der Waals surface area contributed by atoms with E-state index in [1.807, 2.05) is 41.3 Å². The van der Waals surface area contributed by atoms with E-state index in [1.54, 1.807) is 39.5 Å². The number of ether oxygens (including phenoxy) is 3. The predicted molar refractivity (Wildman–Crippen MR) is 126 cm³/mol. The summed E-state index contributed by atoms with van der Waals surface area (Å²) in [5.41, 5.74) is 3.50. The Balaban J connectivity index is 1.85. The van der Waals surface area contributed by atoms with Gasteiger partial charge in [-0.3, -0.25) is 4.79 Å². The predicted octanol–water partition coefficient (Wildman–Crippen LogP) is 5.81. The van der Waals surface area contributed by atoms with Gasteiger partial charge in [0.25, 0.3) is 5.91 Å². The highest BCUT2D eigenvalue weighted by molar-refractivity contribution is 6.35. The Morgan fingerprint density at radius 2 is 1.50 bits per heavy atom. The second-order valence-corrected chi connectivity index (χ2v) is 8.36. The third-order valence-electron chi connectivity index (χ3n) is 5.68. The van der Waals surface area contributed by atoms with Crippen LogP contribution >= 0.6 is 23.2 Å². The van der Waals surface area contributed by atoms with Crippen molar-refractivity contribution in [3.63, 3.8) is 0 Å². The number of methoxy groups -OCH3 is 3. The summed E-state index contributed by atoms with van der Waals surface area (Å²) in [6, 6.07) is 16.2. The van der Waals surface area contributed by atoms with Crippen LogP contribution in [0.3, 0.4) is 0 Å². The molecule has 1 atom stereocenters. The number of carbonyl (C=O) groups excluding carboxylic acids is 1. The average Bonchev–Trinajstić information content (AvgIpc) is 2.81. The van der Waals surface area contributed by atoms with Crippen molar-refractivity contribution in [1.29, 1.82) is 0 Å². The van der Waals surface area contributed by atoms with E-state index in [0.717, 1.165) is 22.4 Å². The first kappa shape index (κ1) is 22.3. The number of rotatable bonds is 5. The Bertz CT molecular complexity index is 1130. The van der Waals surface area contributed by atoms with Crippen LogP contribution < -0.4 is 14.2 Å². The molecule has 1 heterocycles. The second kappa shape index (κ2) is 9.31. The van der Waals surface area contributed by atoms with Crippen LogP contribution in [0, 0.1) is 0 Å². The summed E-state index contributed by atoms with van der Waals surface area (Å²) in [5.74, 6) is 1.89. The summed E-state index contributed by atoms with van der Waals surface area (Å²) in [5, 5.41) is 0.844. The van der Waals surface area contributed by atoms with E-state index in [0.29, 0.717) is 40.1 Å². The van der Waals surface area contributed by atoms with Crippen LogP contribution in [0.25, 0.3) is 0 Å². The van der Waals surface area contributed by atoms with E-state index < -0.39 is 0 Å². The topological polar surface area (TPSA) is 48.0 Å². The van der Waals surface area contributed by atoms with Crippen LogP contribution in [0.15, 0.2) is 54.6 Å². The Kier molecular flexibility index (Phi) is 6.49. The van der Waals surface area contributed by atoms with Gasteiger partial charge < -0.3 is 19.1 Å². The fourth-order valence-electron chi connectivity index (χ4n) is 4.15. The Morgan fingerprint density at radius 3 is 2.09 bits per heavy atom. The number of benzene rings is 3. The van der Waals surface area contributed by atoms with Gasteiger partial charge in [-0.25, -0.2) is 0 Å². The summed E-state index contributed by atoms with van der Waals surface area (Å²) >= 11 is 12.3. The molecule has 4 rings (SSSR count). The molecule has 1 aliphatic rings. The van der Waals surface area contributed by atoms with Crippen molar-refractivity contribution in [1.82, 2.24) is 4.90 Å². The minimum absolute atomic E-state index is 0.143. The van der Waals surface area contributed by atoms with E-state index >= 15 is 0 Å².